The average molecular weight is 262 g/mol. The molecular weight excluding hydrogens is 244 g/mol. The number of anilines is 1. The molecule has 3 rings (SSSR count). The van der Waals surface area contributed by atoms with Crippen LogP contribution >= 0.6 is 0 Å². The molecule has 1 aromatic heterocycles. The summed E-state index contributed by atoms with van der Waals surface area (Å²) in [7, 11) is 1.60. The summed E-state index contributed by atoms with van der Waals surface area (Å²) in [4.78, 5) is 24.4. The van der Waals surface area contributed by atoms with E-state index in [0.29, 0.717) is 17.7 Å². The molecule has 6 heteroatoms. The summed E-state index contributed by atoms with van der Waals surface area (Å²) in [6.07, 6.45) is 3.65. The van der Waals surface area contributed by atoms with Crippen LogP contribution in [0.1, 0.15) is 12.8 Å². The van der Waals surface area contributed by atoms with Gasteiger partial charge in [-0.25, -0.2) is 9.97 Å². The summed E-state index contributed by atoms with van der Waals surface area (Å²) in [5.74, 6) is 2.08. The Hall–Kier alpha value is -1.85. The molecule has 0 spiro atoms. The van der Waals surface area contributed by atoms with Crippen molar-refractivity contribution in [1.29, 1.82) is 0 Å². The normalized spacial score (nSPS) is 19.4. The van der Waals surface area contributed by atoms with Crippen LogP contribution in [0.25, 0.3) is 0 Å². The molecule has 1 aliphatic heterocycles. The van der Waals surface area contributed by atoms with Crippen molar-refractivity contribution in [2.75, 3.05) is 38.2 Å². The van der Waals surface area contributed by atoms with Crippen molar-refractivity contribution >= 4 is 11.7 Å². The lowest BCUT2D eigenvalue weighted by atomic mass is 10.2. The van der Waals surface area contributed by atoms with Gasteiger partial charge in [-0.1, -0.05) is 0 Å². The van der Waals surface area contributed by atoms with E-state index >= 15 is 0 Å². The second-order valence-corrected chi connectivity index (χ2v) is 5.01. The third-order valence-corrected chi connectivity index (χ3v) is 3.68. The molecule has 1 saturated heterocycles. The molecule has 19 heavy (non-hydrogen) atoms. The number of hydrogen-bond acceptors (Lipinski definition) is 5. The number of nitrogens with zero attached hydrogens (tertiary/aromatic N) is 4. The molecule has 2 aliphatic rings. The Balaban J connectivity index is 1.61. The number of carbonyl (C=O) groups excluding carboxylic acids is 1. The van der Waals surface area contributed by atoms with Crippen LogP contribution in [0.15, 0.2) is 12.4 Å². The predicted octanol–water partition coefficient (Wildman–Crippen LogP) is 0.544. The Kier molecular flexibility index (Phi) is 3.23. The summed E-state index contributed by atoms with van der Waals surface area (Å²) < 4.78 is 5.10. The molecular formula is C13H18N4O2. The second kappa shape index (κ2) is 5.03. The summed E-state index contributed by atoms with van der Waals surface area (Å²) in [5.41, 5.74) is 0. The Morgan fingerprint density at radius 3 is 2.63 bits per heavy atom. The molecule has 102 valence electrons. The van der Waals surface area contributed by atoms with Gasteiger partial charge in [0.25, 0.3) is 0 Å². The van der Waals surface area contributed by atoms with E-state index in [1.165, 1.54) is 6.33 Å². The zero-order chi connectivity index (χ0) is 13.2. The maximum absolute atomic E-state index is 12.0. The fourth-order valence-corrected chi connectivity index (χ4v) is 2.36. The third-order valence-electron chi connectivity index (χ3n) is 3.68. The van der Waals surface area contributed by atoms with Crippen molar-refractivity contribution < 1.29 is 9.53 Å². The molecule has 1 amide bonds. The van der Waals surface area contributed by atoms with E-state index in [1.54, 1.807) is 7.11 Å². The molecule has 0 atom stereocenters. The topological polar surface area (TPSA) is 58.6 Å². The smallest absolute Gasteiger partial charge is 0.225 e. The van der Waals surface area contributed by atoms with Crippen LogP contribution in [0.4, 0.5) is 5.82 Å². The highest BCUT2D eigenvalue weighted by atomic mass is 16.5. The number of rotatable bonds is 3. The molecule has 0 radical (unpaired) electrons. The Labute approximate surface area is 112 Å². The van der Waals surface area contributed by atoms with E-state index in [0.717, 1.165) is 44.8 Å². The predicted molar refractivity (Wildman–Crippen MR) is 70.1 cm³/mol. The molecule has 6 nitrogen and oxygen atoms in total. The van der Waals surface area contributed by atoms with E-state index in [1.807, 2.05) is 11.0 Å². The van der Waals surface area contributed by atoms with Gasteiger partial charge in [-0.05, 0) is 12.8 Å². The minimum absolute atomic E-state index is 0.311. The lowest BCUT2D eigenvalue weighted by Gasteiger charge is -2.35. The highest BCUT2D eigenvalue weighted by Crippen LogP contribution is 2.31. The van der Waals surface area contributed by atoms with Crippen molar-refractivity contribution in [3.05, 3.63) is 12.4 Å². The van der Waals surface area contributed by atoms with E-state index in [4.69, 9.17) is 4.74 Å². The third kappa shape index (κ3) is 2.62. The van der Waals surface area contributed by atoms with Crippen molar-refractivity contribution in [2.24, 2.45) is 5.92 Å². The van der Waals surface area contributed by atoms with Gasteiger partial charge in [0.15, 0.2) is 0 Å². The zero-order valence-corrected chi connectivity index (χ0v) is 11.1. The van der Waals surface area contributed by atoms with Crippen LogP contribution in [0, 0.1) is 5.92 Å². The van der Waals surface area contributed by atoms with Gasteiger partial charge in [-0.3, -0.25) is 4.79 Å². The molecule has 0 aromatic carbocycles. The summed E-state index contributed by atoms with van der Waals surface area (Å²) in [6.45, 7) is 3.19. The van der Waals surface area contributed by atoms with Crippen LogP contribution in [0.3, 0.4) is 0 Å². The quantitative estimate of drug-likeness (QED) is 0.796. The Morgan fingerprint density at radius 1 is 1.26 bits per heavy atom. The largest absolute Gasteiger partial charge is 0.481 e. The molecule has 0 bridgehead atoms. The lowest BCUT2D eigenvalue weighted by Crippen LogP contribution is -2.49. The van der Waals surface area contributed by atoms with Crippen molar-refractivity contribution in [3.63, 3.8) is 0 Å². The van der Waals surface area contributed by atoms with Crippen LogP contribution in [-0.4, -0.2) is 54.1 Å². The SMILES string of the molecule is COc1cc(N2CCN(C(=O)C3CC3)CC2)ncn1. The number of ether oxygens (including phenoxy) is 1. The number of hydrogen-bond donors (Lipinski definition) is 0. The van der Waals surface area contributed by atoms with Gasteiger partial charge in [0.2, 0.25) is 11.8 Å². The standard InChI is InChI=1S/C13H18N4O2/c1-19-12-8-11(14-9-15-12)16-4-6-17(7-5-16)13(18)10-2-3-10/h8-10H,2-7H2,1H3. The Bertz CT molecular complexity index is 467. The monoisotopic (exact) mass is 262 g/mol. The molecule has 0 N–H and O–H groups in total. The molecule has 1 aromatic rings. The minimum Gasteiger partial charge on any atom is -0.481 e. The van der Waals surface area contributed by atoms with Crippen LogP contribution in [-0.2, 0) is 4.79 Å². The maximum Gasteiger partial charge on any atom is 0.225 e. The molecule has 0 unspecified atom stereocenters. The number of aromatic nitrogens is 2. The molecule has 1 aliphatic carbocycles. The lowest BCUT2D eigenvalue weighted by molar-refractivity contribution is -0.132. The first-order valence-electron chi connectivity index (χ1n) is 6.67. The number of carbonyl (C=O) groups is 1. The van der Waals surface area contributed by atoms with E-state index in [2.05, 4.69) is 14.9 Å². The van der Waals surface area contributed by atoms with Gasteiger partial charge in [-0.15, -0.1) is 0 Å². The van der Waals surface area contributed by atoms with Gasteiger partial charge in [0, 0.05) is 38.2 Å². The van der Waals surface area contributed by atoms with E-state index < -0.39 is 0 Å². The van der Waals surface area contributed by atoms with Crippen LogP contribution < -0.4 is 9.64 Å². The number of piperazine rings is 1. The zero-order valence-electron chi connectivity index (χ0n) is 11.1. The minimum atomic E-state index is 0.311. The van der Waals surface area contributed by atoms with Gasteiger partial charge in [-0.2, -0.15) is 0 Å². The van der Waals surface area contributed by atoms with Crippen LogP contribution in [0.2, 0.25) is 0 Å². The van der Waals surface area contributed by atoms with Crippen molar-refractivity contribution in [3.8, 4) is 5.88 Å². The number of methoxy groups -OCH3 is 1. The first-order valence-corrected chi connectivity index (χ1v) is 6.67. The fraction of sp³-hybridized carbons (Fsp3) is 0.615. The van der Waals surface area contributed by atoms with Crippen molar-refractivity contribution in [1.82, 2.24) is 14.9 Å². The second-order valence-electron chi connectivity index (χ2n) is 5.01. The fourth-order valence-electron chi connectivity index (χ4n) is 2.36. The molecule has 2 fully saturated rings. The van der Waals surface area contributed by atoms with Gasteiger partial charge < -0.3 is 14.5 Å². The first-order chi connectivity index (χ1) is 9.28. The first kappa shape index (κ1) is 12.2. The van der Waals surface area contributed by atoms with Gasteiger partial charge in [0.05, 0.1) is 7.11 Å². The van der Waals surface area contributed by atoms with Gasteiger partial charge in [0.1, 0.15) is 12.1 Å². The summed E-state index contributed by atoms with van der Waals surface area (Å²) >= 11 is 0. The average Bonchev–Trinajstić information content (AvgIpc) is 3.31. The van der Waals surface area contributed by atoms with Crippen LogP contribution in [0.5, 0.6) is 5.88 Å². The van der Waals surface area contributed by atoms with Crippen molar-refractivity contribution in [2.45, 2.75) is 12.8 Å². The summed E-state index contributed by atoms with van der Waals surface area (Å²) in [5, 5.41) is 0. The van der Waals surface area contributed by atoms with E-state index in [9.17, 15) is 4.79 Å². The highest BCUT2D eigenvalue weighted by molar-refractivity contribution is 5.81. The van der Waals surface area contributed by atoms with Gasteiger partial charge >= 0.3 is 0 Å². The molecule has 2 heterocycles. The summed E-state index contributed by atoms with van der Waals surface area (Å²) in [6, 6.07) is 1.83. The highest BCUT2D eigenvalue weighted by Gasteiger charge is 2.34. The van der Waals surface area contributed by atoms with E-state index in [-0.39, 0.29) is 0 Å². The number of amides is 1. The maximum atomic E-state index is 12.0. The Morgan fingerprint density at radius 2 is 2.00 bits per heavy atom. The molecule has 1 saturated carbocycles.